The Balaban J connectivity index is 2.69. The summed E-state index contributed by atoms with van der Waals surface area (Å²) in [6.07, 6.45) is 7.79. The molecule has 0 saturated carbocycles. The van der Waals surface area contributed by atoms with Gasteiger partial charge >= 0.3 is 0 Å². The van der Waals surface area contributed by atoms with Gasteiger partial charge in [0.15, 0.2) is 9.84 Å². The highest BCUT2D eigenvalue weighted by Gasteiger charge is 2.08. The van der Waals surface area contributed by atoms with E-state index in [4.69, 9.17) is 0 Å². The Morgan fingerprint density at radius 3 is 2.67 bits per heavy atom. The summed E-state index contributed by atoms with van der Waals surface area (Å²) in [5, 5.41) is 3.27. The van der Waals surface area contributed by atoms with Crippen molar-refractivity contribution in [3.63, 3.8) is 0 Å². The van der Waals surface area contributed by atoms with Gasteiger partial charge < -0.3 is 5.32 Å². The molecule has 0 heterocycles. The van der Waals surface area contributed by atoms with E-state index in [1.807, 2.05) is 25.1 Å². The third-order valence-corrected chi connectivity index (χ3v) is 3.63. The van der Waals surface area contributed by atoms with Crippen molar-refractivity contribution in [2.45, 2.75) is 18.2 Å². The van der Waals surface area contributed by atoms with Crippen LogP contribution in [-0.2, 0) is 9.84 Å². The predicted octanol–water partition coefficient (Wildman–Crippen LogP) is 2.94. The second kappa shape index (κ2) is 6.40. The van der Waals surface area contributed by atoms with Gasteiger partial charge in [-0.05, 0) is 37.1 Å². The van der Waals surface area contributed by atoms with E-state index in [9.17, 15) is 8.42 Å². The maximum absolute atomic E-state index is 11.4. The Labute approximate surface area is 109 Å². The van der Waals surface area contributed by atoms with Crippen LogP contribution in [0.1, 0.15) is 12.0 Å². The van der Waals surface area contributed by atoms with Gasteiger partial charge in [-0.1, -0.05) is 24.8 Å². The lowest BCUT2D eigenvalue weighted by Crippen LogP contribution is -2.03. The van der Waals surface area contributed by atoms with Crippen molar-refractivity contribution in [1.82, 2.24) is 0 Å². The van der Waals surface area contributed by atoms with E-state index < -0.39 is 9.84 Å². The van der Waals surface area contributed by atoms with Gasteiger partial charge in [-0.15, -0.1) is 0 Å². The zero-order valence-electron chi connectivity index (χ0n) is 10.8. The molecule has 1 rings (SSSR count). The van der Waals surface area contributed by atoms with Gasteiger partial charge in [-0.3, -0.25) is 0 Å². The maximum atomic E-state index is 11.4. The fraction of sp³-hybridized carbons (Fsp3) is 0.286. The standard InChI is InChI=1S/C14H19NO2S/c1-4-5-6-7-10-15-14-9-8-13(11-12(14)2)18(3,16)17/h4-6,8-9,11,15H,1,7,10H2,2-3H3/b6-5+. The lowest BCUT2D eigenvalue weighted by atomic mass is 10.2. The lowest BCUT2D eigenvalue weighted by molar-refractivity contribution is 0.602. The van der Waals surface area contributed by atoms with Crippen molar-refractivity contribution in [3.05, 3.63) is 48.6 Å². The molecule has 0 spiro atoms. The van der Waals surface area contributed by atoms with Crippen LogP contribution in [0, 0.1) is 6.92 Å². The summed E-state index contributed by atoms with van der Waals surface area (Å²) in [6.45, 7) is 6.31. The first-order valence-electron chi connectivity index (χ1n) is 5.77. The number of hydrogen-bond donors (Lipinski definition) is 1. The van der Waals surface area contributed by atoms with Crippen LogP contribution < -0.4 is 5.32 Å². The van der Waals surface area contributed by atoms with Crippen LogP contribution in [0.15, 0.2) is 47.9 Å². The van der Waals surface area contributed by atoms with Gasteiger partial charge in [-0.2, -0.15) is 0 Å². The number of sulfone groups is 1. The van der Waals surface area contributed by atoms with Crippen LogP contribution in [0.4, 0.5) is 5.69 Å². The summed E-state index contributed by atoms with van der Waals surface area (Å²) in [7, 11) is -3.12. The minimum absolute atomic E-state index is 0.358. The van der Waals surface area contributed by atoms with Crippen LogP contribution in [0.3, 0.4) is 0 Å². The molecule has 0 radical (unpaired) electrons. The van der Waals surface area contributed by atoms with Gasteiger partial charge in [0.25, 0.3) is 0 Å². The fourth-order valence-corrected chi connectivity index (χ4v) is 2.25. The van der Waals surface area contributed by atoms with Gasteiger partial charge in [-0.25, -0.2) is 8.42 Å². The second-order valence-electron chi connectivity index (χ2n) is 4.13. The van der Waals surface area contributed by atoms with Crippen LogP contribution in [0.2, 0.25) is 0 Å². The van der Waals surface area contributed by atoms with E-state index in [0.29, 0.717) is 4.90 Å². The van der Waals surface area contributed by atoms with Crippen molar-refractivity contribution in [1.29, 1.82) is 0 Å². The number of hydrogen-bond acceptors (Lipinski definition) is 3. The summed E-state index contributed by atoms with van der Waals surface area (Å²) in [5.74, 6) is 0. The molecule has 1 aromatic rings. The molecule has 3 nitrogen and oxygen atoms in total. The van der Waals surface area contributed by atoms with Gasteiger partial charge in [0.05, 0.1) is 4.90 Å². The molecule has 0 bridgehead atoms. The van der Waals surface area contributed by atoms with Crippen LogP contribution in [-0.4, -0.2) is 21.2 Å². The Morgan fingerprint density at radius 1 is 1.39 bits per heavy atom. The number of aryl methyl sites for hydroxylation is 1. The zero-order valence-corrected chi connectivity index (χ0v) is 11.6. The number of rotatable bonds is 6. The number of benzene rings is 1. The number of nitrogens with one attached hydrogen (secondary N) is 1. The Bertz CT molecular complexity index is 545. The highest BCUT2D eigenvalue weighted by Crippen LogP contribution is 2.19. The molecule has 4 heteroatoms. The average molecular weight is 265 g/mol. The smallest absolute Gasteiger partial charge is 0.175 e. The fourth-order valence-electron chi connectivity index (χ4n) is 1.55. The van der Waals surface area contributed by atoms with Gasteiger partial charge in [0, 0.05) is 18.5 Å². The van der Waals surface area contributed by atoms with Crippen LogP contribution in [0.5, 0.6) is 0 Å². The van der Waals surface area contributed by atoms with Gasteiger partial charge in [0.1, 0.15) is 0 Å². The molecule has 0 amide bonds. The van der Waals surface area contributed by atoms with E-state index in [0.717, 1.165) is 24.2 Å². The summed E-state index contributed by atoms with van der Waals surface area (Å²) >= 11 is 0. The van der Waals surface area contributed by atoms with Crippen molar-refractivity contribution in [2.24, 2.45) is 0 Å². The topological polar surface area (TPSA) is 46.2 Å². The molecular weight excluding hydrogens is 246 g/mol. The minimum atomic E-state index is -3.12. The first kappa shape index (κ1) is 14.5. The average Bonchev–Trinajstić information content (AvgIpc) is 2.29. The molecule has 0 aromatic heterocycles. The number of anilines is 1. The van der Waals surface area contributed by atoms with Crippen molar-refractivity contribution in [2.75, 3.05) is 18.1 Å². The monoisotopic (exact) mass is 265 g/mol. The second-order valence-corrected chi connectivity index (χ2v) is 6.14. The normalized spacial score (nSPS) is 11.7. The quantitative estimate of drug-likeness (QED) is 0.635. The maximum Gasteiger partial charge on any atom is 0.175 e. The lowest BCUT2D eigenvalue weighted by Gasteiger charge is -2.09. The van der Waals surface area contributed by atoms with E-state index in [1.165, 1.54) is 6.26 Å². The molecule has 0 fully saturated rings. The molecule has 0 aliphatic heterocycles. The van der Waals surface area contributed by atoms with E-state index in [1.54, 1.807) is 18.2 Å². The highest BCUT2D eigenvalue weighted by molar-refractivity contribution is 7.90. The largest absolute Gasteiger partial charge is 0.385 e. The first-order chi connectivity index (χ1) is 8.45. The molecular formula is C14H19NO2S. The zero-order chi connectivity index (χ0) is 13.6. The van der Waals surface area contributed by atoms with Crippen LogP contribution in [0.25, 0.3) is 0 Å². The van der Waals surface area contributed by atoms with Crippen molar-refractivity contribution in [3.8, 4) is 0 Å². The van der Waals surface area contributed by atoms with Crippen molar-refractivity contribution < 1.29 is 8.42 Å². The Morgan fingerprint density at radius 2 is 2.11 bits per heavy atom. The minimum Gasteiger partial charge on any atom is -0.385 e. The number of allylic oxidation sites excluding steroid dienone is 2. The summed E-state index contributed by atoms with van der Waals surface area (Å²) in [5.41, 5.74) is 1.90. The third kappa shape index (κ3) is 4.37. The molecule has 98 valence electrons. The molecule has 18 heavy (non-hydrogen) atoms. The molecule has 0 aliphatic rings. The SMILES string of the molecule is C=C/C=C/CCNc1ccc(S(C)(=O)=O)cc1C. The van der Waals surface area contributed by atoms with Crippen LogP contribution >= 0.6 is 0 Å². The summed E-state index contributed by atoms with van der Waals surface area (Å²) in [4.78, 5) is 0.358. The van der Waals surface area contributed by atoms with E-state index in [-0.39, 0.29) is 0 Å². The van der Waals surface area contributed by atoms with Gasteiger partial charge in [0.2, 0.25) is 0 Å². The summed E-state index contributed by atoms with van der Waals surface area (Å²) in [6, 6.07) is 5.13. The Kier molecular flexibility index (Phi) is 5.16. The molecule has 0 saturated heterocycles. The van der Waals surface area contributed by atoms with Crippen molar-refractivity contribution >= 4 is 15.5 Å². The molecule has 0 atom stereocenters. The summed E-state index contributed by atoms with van der Waals surface area (Å²) < 4.78 is 22.8. The highest BCUT2D eigenvalue weighted by atomic mass is 32.2. The molecule has 0 unspecified atom stereocenters. The predicted molar refractivity (Wildman–Crippen MR) is 76.7 cm³/mol. The molecule has 1 aromatic carbocycles. The molecule has 1 N–H and O–H groups in total. The van der Waals surface area contributed by atoms with E-state index in [2.05, 4.69) is 11.9 Å². The first-order valence-corrected chi connectivity index (χ1v) is 7.66. The van der Waals surface area contributed by atoms with E-state index >= 15 is 0 Å². The molecule has 0 aliphatic carbocycles. The Hall–Kier alpha value is -1.55. The third-order valence-electron chi connectivity index (χ3n) is 2.52.